The van der Waals surface area contributed by atoms with E-state index in [-0.39, 0.29) is 22.8 Å². The number of nitrogens with one attached hydrogen (secondary N) is 3. The average Bonchev–Trinajstić information content (AvgIpc) is 2.77. The van der Waals surface area contributed by atoms with E-state index in [1.54, 1.807) is 18.2 Å². The zero-order valence-corrected chi connectivity index (χ0v) is 18.6. The molecule has 34 heavy (non-hydrogen) atoms. The van der Waals surface area contributed by atoms with E-state index in [2.05, 4.69) is 15.4 Å². The third kappa shape index (κ3) is 6.58. The summed E-state index contributed by atoms with van der Waals surface area (Å²) in [4.78, 5) is 24.0. The number of rotatable bonds is 7. The second-order valence-corrected chi connectivity index (χ2v) is 8.99. The van der Waals surface area contributed by atoms with Crippen LogP contribution in [0.1, 0.15) is 21.5 Å². The van der Waals surface area contributed by atoms with E-state index in [1.165, 1.54) is 30.3 Å². The fourth-order valence-electron chi connectivity index (χ4n) is 2.94. The highest BCUT2D eigenvalue weighted by molar-refractivity contribution is 7.92. The molecule has 2 amide bonds. The highest BCUT2D eigenvalue weighted by Crippen LogP contribution is 2.31. The molecule has 0 spiro atoms. The maximum absolute atomic E-state index is 12.8. The van der Waals surface area contributed by atoms with Crippen LogP contribution in [0.25, 0.3) is 0 Å². The minimum atomic E-state index is -4.61. The highest BCUT2D eigenvalue weighted by atomic mass is 32.2. The molecule has 0 saturated carbocycles. The number of aryl methyl sites for hydroxylation is 1. The Kier molecular flexibility index (Phi) is 7.26. The molecule has 0 aliphatic rings. The average molecular weight is 491 g/mol. The fraction of sp³-hybridized carbons (Fsp3) is 0.130. The van der Waals surface area contributed by atoms with Gasteiger partial charge in [0.15, 0.2) is 0 Å². The Morgan fingerprint density at radius 2 is 1.56 bits per heavy atom. The summed E-state index contributed by atoms with van der Waals surface area (Å²) in [7, 11) is -4.16. The first-order valence-electron chi connectivity index (χ1n) is 9.89. The molecule has 3 N–H and O–H groups in total. The lowest BCUT2D eigenvalue weighted by molar-refractivity contribution is -0.137. The van der Waals surface area contributed by atoms with E-state index in [0.717, 1.165) is 17.7 Å². The fourth-order valence-corrected chi connectivity index (χ4v) is 3.99. The molecule has 178 valence electrons. The van der Waals surface area contributed by atoms with Gasteiger partial charge in [0, 0.05) is 16.9 Å². The topological polar surface area (TPSA) is 104 Å². The predicted octanol–water partition coefficient (Wildman–Crippen LogP) is 4.18. The molecule has 0 aromatic heterocycles. The van der Waals surface area contributed by atoms with Crippen molar-refractivity contribution in [3.05, 3.63) is 89.5 Å². The first kappa shape index (κ1) is 24.8. The summed E-state index contributed by atoms with van der Waals surface area (Å²) in [5.41, 5.74) is 0.356. The van der Waals surface area contributed by atoms with Crippen LogP contribution in [-0.4, -0.2) is 26.8 Å². The van der Waals surface area contributed by atoms with Gasteiger partial charge in [-0.15, -0.1) is 0 Å². The molecule has 0 bridgehead atoms. The van der Waals surface area contributed by atoms with Crippen LogP contribution in [0.2, 0.25) is 0 Å². The number of hydrogen-bond acceptors (Lipinski definition) is 4. The van der Waals surface area contributed by atoms with Crippen LogP contribution in [0.4, 0.5) is 24.5 Å². The van der Waals surface area contributed by atoms with Crippen LogP contribution >= 0.6 is 0 Å². The standard InChI is InChI=1S/C23H20F3N3O4S/c1-15-4-2-5-16(12-15)22(31)27-14-21(30)28-18-8-10-20(11-9-18)34(32,33)29-19-7-3-6-17(13-19)23(24,25)26/h2-13,29H,14H2,1H3,(H,27,31)(H,28,30). The van der Waals surface area contributed by atoms with Crippen LogP contribution in [0.5, 0.6) is 0 Å². The predicted molar refractivity (Wildman–Crippen MR) is 121 cm³/mol. The molecular formula is C23H20F3N3O4S. The van der Waals surface area contributed by atoms with E-state index in [0.29, 0.717) is 11.6 Å². The molecule has 0 atom stereocenters. The number of benzene rings is 3. The Bertz CT molecular complexity index is 1310. The molecule has 0 aliphatic carbocycles. The number of carbonyl (C=O) groups is 2. The van der Waals surface area contributed by atoms with Gasteiger partial charge in [-0.25, -0.2) is 8.42 Å². The van der Waals surface area contributed by atoms with Crippen LogP contribution in [0.3, 0.4) is 0 Å². The third-order valence-corrected chi connectivity index (χ3v) is 5.98. The lowest BCUT2D eigenvalue weighted by Gasteiger charge is -2.12. The largest absolute Gasteiger partial charge is 0.416 e. The van der Waals surface area contributed by atoms with Crippen molar-refractivity contribution >= 4 is 33.2 Å². The Morgan fingerprint density at radius 3 is 2.21 bits per heavy atom. The van der Waals surface area contributed by atoms with E-state index < -0.39 is 33.6 Å². The van der Waals surface area contributed by atoms with Crippen molar-refractivity contribution in [1.29, 1.82) is 0 Å². The maximum atomic E-state index is 12.8. The maximum Gasteiger partial charge on any atom is 0.416 e. The van der Waals surface area contributed by atoms with Gasteiger partial charge in [-0.3, -0.25) is 14.3 Å². The third-order valence-electron chi connectivity index (χ3n) is 4.58. The lowest BCUT2D eigenvalue weighted by Crippen LogP contribution is -2.32. The van der Waals surface area contributed by atoms with Crippen LogP contribution in [-0.2, 0) is 21.0 Å². The van der Waals surface area contributed by atoms with Gasteiger partial charge >= 0.3 is 6.18 Å². The van der Waals surface area contributed by atoms with Gasteiger partial charge in [0.05, 0.1) is 17.0 Å². The van der Waals surface area contributed by atoms with Crippen molar-refractivity contribution in [2.75, 3.05) is 16.6 Å². The van der Waals surface area contributed by atoms with Crippen LogP contribution in [0.15, 0.2) is 77.7 Å². The smallest absolute Gasteiger partial charge is 0.343 e. The van der Waals surface area contributed by atoms with Gasteiger partial charge in [-0.1, -0.05) is 23.8 Å². The van der Waals surface area contributed by atoms with E-state index in [4.69, 9.17) is 0 Å². The second kappa shape index (κ2) is 9.96. The van der Waals surface area contributed by atoms with Crippen molar-refractivity contribution in [2.24, 2.45) is 0 Å². The monoisotopic (exact) mass is 491 g/mol. The van der Waals surface area contributed by atoms with Crippen LogP contribution in [0, 0.1) is 6.92 Å². The number of carbonyl (C=O) groups excluding carboxylic acids is 2. The van der Waals surface area contributed by atoms with Crippen LogP contribution < -0.4 is 15.4 Å². The number of sulfonamides is 1. The van der Waals surface area contributed by atoms with Gasteiger partial charge in [-0.2, -0.15) is 13.2 Å². The van der Waals surface area contributed by atoms with Crippen molar-refractivity contribution in [3.63, 3.8) is 0 Å². The van der Waals surface area contributed by atoms with Gasteiger partial charge in [0.1, 0.15) is 0 Å². The van der Waals surface area contributed by atoms with Gasteiger partial charge in [0.25, 0.3) is 15.9 Å². The van der Waals surface area contributed by atoms with Crippen molar-refractivity contribution in [3.8, 4) is 0 Å². The summed E-state index contributed by atoms with van der Waals surface area (Å²) >= 11 is 0. The van der Waals surface area contributed by atoms with Gasteiger partial charge in [0.2, 0.25) is 5.91 Å². The molecule has 3 rings (SSSR count). The van der Waals surface area contributed by atoms with E-state index in [1.807, 2.05) is 13.0 Å². The molecule has 11 heteroatoms. The number of halogens is 3. The normalized spacial score (nSPS) is 11.5. The molecule has 0 heterocycles. The molecule has 3 aromatic rings. The van der Waals surface area contributed by atoms with Gasteiger partial charge < -0.3 is 10.6 Å². The molecule has 0 saturated heterocycles. The summed E-state index contributed by atoms with van der Waals surface area (Å²) in [5, 5.41) is 5.01. The minimum Gasteiger partial charge on any atom is -0.343 e. The zero-order chi connectivity index (χ0) is 24.9. The molecule has 7 nitrogen and oxygen atoms in total. The van der Waals surface area contributed by atoms with E-state index >= 15 is 0 Å². The lowest BCUT2D eigenvalue weighted by atomic mass is 10.1. The first-order valence-corrected chi connectivity index (χ1v) is 11.4. The Labute approximate surface area is 194 Å². The van der Waals surface area contributed by atoms with Gasteiger partial charge in [-0.05, 0) is 61.5 Å². The van der Waals surface area contributed by atoms with Crippen molar-refractivity contribution < 1.29 is 31.2 Å². The summed E-state index contributed by atoms with van der Waals surface area (Å²) in [5.74, 6) is -0.945. The number of hydrogen-bond donors (Lipinski definition) is 3. The van der Waals surface area contributed by atoms with Crippen molar-refractivity contribution in [1.82, 2.24) is 5.32 Å². The summed E-state index contributed by atoms with van der Waals surface area (Å²) < 4.78 is 65.6. The molecule has 0 fully saturated rings. The number of alkyl halides is 3. The molecule has 0 aliphatic heterocycles. The molecule has 3 aromatic carbocycles. The Hall–Kier alpha value is -3.86. The number of anilines is 2. The molecular weight excluding hydrogens is 471 g/mol. The summed E-state index contributed by atoms with van der Waals surface area (Å²) in [6.45, 7) is 1.53. The van der Waals surface area contributed by atoms with Crippen molar-refractivity contribution in [2.45, 2.75) is 18.0 Å². The SMILES string of the molecule is Cc1cccc(C(=O)NCC(=O)Nc2ccc(S(=O)(=O)Nc3cccc(C(F)(F)F)c3)cc2)c1. The quantitative estimate of drug-likeness (QED) is 0.461. The number of amides is 2. The minimum absolute atomic E-state index is 0.212. The summed E-state index contributed by atoms with van der Waals surface area (Å²) in [6, 6.07) is 15.7. The summed E-state index contributed by atoms with van der Waals surface area (Å²) in [6.07, 6.45) is -4.61. The van der Waals surface area contributed by atoms with E-state index in [9.17, 15) is 31.2 Å². The second-order valence-electron chi connectivity index (χ2n) is 7.31. The zero-order valence-electron chi connectivity index (χ0n) is 17.8. The Balaban J connectivity index is 1.59. The molecule has 0 radical (unpaired) electrons. The Morgan fingerprint density at radius 1 is 0.882 bits per heavy atom. The highest BCUT2D eigenvalue weighted by Gasteiger charge is 2.30. The first-order chi connectivity index (χ1) is 15.9. The molecule has 0 unspecified atom stereocenters.